The highest BCUT2D eigenvalue weighted by molar-refractivity contribution is 4.78. The van der Waals surface area contributed by atoms with Crippen molar-refractivity contribution in [1.29, 1.82) is 0 Å². The number of hydrogen-bond acceptors (Lipinski definition) is 4. The Morgan fingerprint density at radius 3 is 2.35 bits per heavy atom. The SMILES string of the molecule is CCCC(CCN)C(O)N1CC(C)OC(C)C1. The van der Waals surface area contributed by atoms with E-state index in [4.69, 9.17) is 10.5 Å². The Kier molecular flexibility index (Phi) is 6.41. The van der Waals surface area contributed by atoms with Crippen LogP contribution in [0.3, 0.4) is 0 Å². The van der Waals surface area contributed by atoms with Crippen LogP contribution in [0.4, 0.5) is 0 Å². The fraction of sp³-hybridized carbons (Fsp3) is 1.00. The summed E-state index contributed by atoms with van der Waals surface area (Å²) in [5, 5.41) is 10.4. The molecule has 0 bridgehead atoms. The van der Waals surface area contributed by atoms with Gasteiger partial charge in [0.05, 0.1) is 12.2 Å². The van der Waals surface area contributed by atoms with Gasteiger partial charge in [-0.05, 0) is 39.2 Å². The van der Waals surface area contributed by atoms with Crippen LogP contribution in [0.15, 0.2) is 0 Å². The molecule has 102 valence electrons. The second-order valence-electron chi connectivity index (χ2n) is 5.25. The van der Waals surface area contributed by atoms with Gasteiger partial charge in [0.2, 0.25) is 0 Å². The van der Waals surface area contributed by atoms with E-state index < -0.39 is 0 Å². The van der Waals surface area contributed by atoms with E-state index in [0.717, 1.165) is 32.4 Å². The minimum absolute atomic E-state index is 0.202. The fourth-order valence-electron chi connectivity index (χ4n) is 2.76. The molecule has 0 aromatic carbocycles. The molecule has 3 N–H and O–H groups in total. The van der Waals surface area contributed by atoms with Gasteiger partial charge in [-0.15, -0.1) is 0 Å². The molecule has 1 aliphatic rings. The second-order valence-corrected chi connectivity index (χ2v) is 5.25. The smallest absolute Gasteiger partial charge is 0.110 e. The quantitative estimate of drug-likeness (QED) is 0.736. The molecule has 1 heterocycles. The van der Waals surface area contributed by atoms with Crippen molar-refractivity contribution in [3.8, 4) is 0 Å². The van der Waals surface area contributed by atoms with Gasteiger partial charge in [-0.2, -0.15) is 0 Å². The van der Waals surface area contributed by atoms with Gasteiger partial charge in [0, 0.05) is 13.1 Å². The first-order valence-electron chi connectivity index (χ1n) is 6.86. The summed E-state index contributed by atoms with van der Waals surface area (Å²) in [6.45, 7) is 8.56. The minimum Gasteiger partial charge on any atom is -0.378 e. The summed E-state index contributed by atoms with van der Waals surface area (Å²) in [6.07, 6.45) is 3.07. The maximum atomic E-state index is 10.4. The van der Waals surface area contributed by atoms with Gasteiger partial charge >= 0.3 is 0 Å². The third-order valence-corrected chi connectivity index (χ3v) is 3.44. The highest BCUT2D eigenvalue weighted by atomic mass is 16.5. The van der Waals surface area contributed by atoms with Crippen LogP contribution >= 0.6 is 0 Å². The number of morpholine rings is 1. The number of aliphatic hydroxyl groups excluding tert-OH is 1. The zero-order valence-electron chi connectivity index (χ0n) is 11.4. The molecule has 0 spiro atoms. The van der Waals surface area contributed by atoms with E-state index in [9.17, 15) is 5.11 Å². The largest absolute Gasteiger partial charge is 0.378 e. The Labute approximate surface area is 105 Å². The van der Waals surface area contributed by atoms with Crippen LogP contribution in [0, 0.1) is 5.92 Å². The van der Waals surface area contributed by atoms with Gasteiger partial charge in [0.1, 0.15) is 6.23 Å². The maximum Gasteiger partial charge on any atom is 0.110 e. The number of ether oxygens (including phenoxy) is 1. The molecule has 0 radical (unpaired) electrons. The van der Waals surface area contributed by atoms with E-state index in [2.05, 4.69) is 25.7 Å². The van der Waals surface area contributed by atoms with E-state index in [1.807, 2.05) is 0 Å². The van der Waals surface area contributed by atoms with Crippen molar-refractivity contribution in [2.24, 2.45) is 11.7 Å². The average Bonchev–Trinajstić information content (AvgIpc) is 2.26. The Balaban J connectivity index is 2.55. The molecule has 0 amide bonds. The van der Waals surface area contributed by atoms with Crippen molar-refractivity contribution in [1.82, 2.24) is 4.90 Å². The minimum atomic E-state index is -0.368. The number of hydrogen-bond donors (Lipinski definition) is 2. The van der Waals surface area contributed by atoms with Crippen LogP contribution in [0.1, 0.15) is 40.0 Å². The molecule has 1 rings (SSSR count). The van der Waals surface area contributed by atoms with E-state index in [0.29, 0.717) is 12.5 Å². The molecule has 0 aromatic heterocycles. The predicted molar refractivity (Wildman–Crippen MR) is 69.7 cm³/mol. The Hall–Kier alpha value is -0.160. The van der Waals surface area contributed by atoms with Crippen LogP contribution in [-0.2, 0) is 4.74 Å². The highest BCUT2D eigenvalue weighted by Crippen LogP contribution is 2.22. The second kappa shape index (κ2) is 7.31. The van der Waals surface area contributed by atoms with Crippen molar-refractivity contribution in [2.45, 2.75) is 58.5 Å². The van der Waals surface area contributed by atoms with Crippen molar-refractivity contribution >= 4 is 0 Å². The highest BCUT2D eigenvalue weighted by Gasteiger charge is 2.30. The predicted octanol–water partition coefficient (Wildman–Crippen LogP) is 1.18. The molecule has 0 aliphatic carbocycles. The van der Waals surface area contributed by atoms with E-state index in [1.165, 1.54) is 0 Å². The van der Waals surface area contributed by atoms with Crippen molar-refractivity contribution < 1.29 is 9.84 Å². The third kappa shape index (κ3) is 4.54. The summed E-state index contributed by atoms with van der Waals surface area (Å²) >= 11 is 0. The van der Waals surface area contributed by atoms with Gasteiger partial charge in [0.25, 0.3) is 0 Å². The van der Waals surface area contributed by atoms with Gasteiger partial charge < -0.3 is 15.6 Å². The molecule has 0 saturated carbocycles. The monoisotopic (exact) mass is 244 g/mol. The van der Waals surface area contributed by atoms with Crippen molar-refractivity contribution in [3.63, 3.8) is 0 Å². The van der Waals surface area contributed by atoms with E-state index in [1.54, 1.807) is 0 Å². The lowest BCUT2D eigenvalue weighted by atomic mass is 9.96. The summed E-state index contributed by atoms with van der Waals surface area (Å²) in [5.74, 6) is 0.294. The standard InChI is InChI=1S/C13H28N2O2/c1-4-5-12(6-7-14)13(16)15-8-10(2)17-11(3)9-15/h10-13,16H,4-9,14H2,1-3H3. The normalized spacial score (nSPS) is 30.2. The van der Waals surface area contributed by atoms with Gasteiger partial charge in [0.15, 0.2) is 0 Å². The van der Waals surface area contributed by atoms with Crippen LogP contribution in [0.5, 0.6) is 0 Å². The molecule has 17 heavy (non-hydrogen) atoms. The molecule has 1 saturated heterocycles. The zero-order valence-corrected chi connectivity index (χ0v) is 11.4. The molecule has 0 aromatic rings. The van der Waals surface area contributed by atoms with Gasteiger partial charge in [-0.3, -0.25) is 4.90 Å². The number of nitrogens with zero attached hydrogens (tertiary/aromatic N) is 1. The van der Waals surface area contributed by atoms with Gasteiger partial charge in [-0.1, -0.05) is 13.3 Å². The number of rotatable bonds is 6. The lowest BCUT2D eigenvalue weighted by molar-refractivity contribution is -0.136. The number of aliphatic hydroxyl groups is 1. The molecule has 4 heteroatoms. The molecular weight excluding hydrogens is 216 g/mol. The molecule has 4 atom stereocenters. The number of nitrogens with two attached hydrogens (primary N) is 1. The van der Waals surface area contributed by atoms with Crippen molar-refractivity contribution in [2.75, 3.05) is 19.6 Å². The van der Waals surface area contributed by atoms with Crippen LogP contribution in [0.2, 0.25) is 0 Å². The third-order valence-electron chi connectivity index (χ3n) is 3.44. The maximum absolute atomic E-state index is 10.4. The average molecular weight is 244 g/mol. The van der Waals surface area contributed by atoms with Gasteiger partial charge in [-0.25, -0.2) is 0 Å². The molecule has 1 aliphatic heterocycles. The Bertz CT molecular complexity index is 198. The fourth-order valence-corrected chi connectivity index (χ4v) is 2.76. The first-order valence-corrected chi connectivity index (χ1v) is 6.86. The van der Waals surface area contributed by atoms with Crippen LogP contribution in [-0.4, -0.2) is 48.1 Å². The topological polar surface area (TPSA) is 58.7 Å². The molecule has 4 unspecified atom stereocenters. The van der Waals surface area contributed by atoms with Crippen molar-refractivity contribution in [3.05, 3.63) is 0 Å². The van der Waals surface area contributed by atoms with Crippen LogP contribution < -0.4 is 5.73 Å². The zero-order chi connectivity index (χ0) is 12.8. The Morgan fingerprint density at radius 2 is 1.88 bits per heavy atom. The summed E-state index contributed by atoms with van der Waals surface area (Å²) in [7, 11) is 0. The van der Waals surface area contributed by atoms with E-state index in [-0.39, 0.29) is 18.4 Å². The lowest BCUT2D eigenvalue weighted by Gasteiger charge is -2.40. The summed E-state index contributed by atoms with van der Waals surface area (Å²) in [5.41, 5.74) is 5.63. The summed E-state index contributed by atoms with van der Waals surface area (Å²) in [4.78, 5) is 2.15. The van der Waals surface area contributed by atoms with E-state index >= 15 is 0 Å². The van der Waals surface area contributed by atoms with Crippen LogP contribution in [0.25, 0.3) is 0 Å². The summed E-state index contributed by atoms with van der Waals surface area (Å²) < 4.78 is 5.69. The Morgan fingerprint density at radius 1 is 1.29 bits per heavy atom. The molecular formula is C13H28N2O2. The lowest BCUT2D eigenvalue weighted by Crippen LogP contribution is -2.52. The first kappa shape index (κ1) is 14.9. The molecule has 1 fully saturated rings. The summed E-state index contributed by atoms with van der Waals surface area (Å²) in [6, 6.07) is 0. The first-order chi connectivity index (χ1) is 8.08. The molecule has 4 nitrogen and oxygen atoms in total.